The minimum Gasteiger partial charge on any atom is -0.469 e. The Labute approximate surface area is 138 Å². The molecule has 1 amide bonds. The summed E-state index contributed by atoms with van der Waals surface area (Å²) in [6.07, 6.45) is 2.19. The molecule has 0 unspecified atom stereocenters. The van der Waals surface area contributed by atoms with Crippen molar-refractivity contribution in [3.8, 4) is 0 Å². The number of hydrogen-bond acceptors (Lipinski definition) is 4. The first-order valence-corrected chi connectivity index (χ1v) is 8.27. The van der Waals surface area contributed by atoms with Gasteiger partial charge in [0.15, 0.2) is 0 Å². The Morgan fingerprint density at radius 3 is 2.30 bits per heavy atom. The van der Waals surface area contributed by atoms with Gasteiger partial charge in [-0.2, -0.15) is 5.10 Å². The minimum absolute atomic E-state index is 0.183. The topological polar surface area (TPSA) is 73.2 Å². The monoisotopic (exact) mass is 323 g/mol. The van der Waals surface area contributed by atoms with Gasteiger partial charge in [0, 0.05) is 18.8 Å². The predicted molar refractivity (Wildman–Crippen MR) is 89.4 cm³/mol. The molecule has 0 aliphatic carbocycles. The number of rotatable bonds is 8. The lowest BCUT2D eigenvalue weighted by Crippen LogP contribution is -2.43. The maximum Gasteiger partial charge on any atom is 0.313 e. The van der Waals surface area contributed by atoms with Crippen molar-refractivity contribution in [1.29, 1.82) is 0 Å². The summed E-state index contributed by atoms with van der Waals surface area (Å²) >= 11 is 0. The van der Waals surface area contributed by atoms with Crippen molar-refractivity contribution in [2.24, 2.45) is 5.41 Å². The van der Waals surface area contributed by atoms with Gasteiger partial charge in [0.25, 0.3) is 5.91 Å². The number of aromatic nitrogens is 2. The molecule has 0 spiro atoms. The molecule has 6 nitrogen and oxygen atoms in total. The van der Waals surface area contributed by atoms with E-state index in [1.54, 1.807) is 0 Å². The molecule has 0 aliphatic heterocycles. The number of amides is 1. The Bertz CT molecular complexity index is 560. The normalized spacial score (nSPS) is 11.4. The van der Waals surface area contributed by atoms with Gasteiger partial charge in [-0.15, -0.1) is 0 Å². The average Bonchev–Trinajstić information content (AvgIpc) is 2.82. The standard InChI is InChI=1S/C17H29N3O3/c1-7-10-20-13(5)14(12(4)19-20)15(21)18-11-17(8-2,9-3)16(22)23-6/h7-11H2,1-6H3,(H,18,21). The van der Waals surface area contributed by atoms with Gasteiger partial charge in [-0.25, -0.2) is 0 Å². The number of methoxy groups -OCH3 is 1. The van der Waals surface area contributed by atoms with Crippen LogP contribution in [0.4, 0.5) is 0 Å². The molecule has 0 radical (unpaired) electrons. The lowest BCUT2D eigenvalue weighted by atomic mass is 9.82. The van der Waals surface area contributed by atoms with Crippen LogP contribution in [0.2, 0.25) is 0 Å². The molecule has 0 aromatic carbocycles. The van der Waals surface area contributed by atoms with Crippen LogP contribution < -0.4 is 5.32 Å². The smallest absolute Gasteiger partial charge is 0.313 e. The highest BCUT2D eigenvalue weighted by molar-refractivity contribution is 5.96. The number of ether oxygens (including phenoxy) is 1. The van der Waals surface area contributed by atoms with E-state index < -0.39 is 5.41 Å². The van der Waals surface area contributed by atoms with Gasteiger partial charge in [0.1, 0.15) is 0 Å². The summed E-state index contributed by atoms with van der Waals surface area (Å²) in [5.41, 5.74) is 1.50. The lowest BCUT2D eigenvalue weighted by molar-refractivity contribution is -0.152. The fourth-order valence-electron chi connectivity index (χ4n) is 2.87. The maximum atomic E-state index is 12.6. The fraction of sp³-hybridized carbons (Fsp3) is 0.706. The molecule has 1 rings (SSSR count). The van der Waals surface area contributed by atoms with Crippen LogP contribution in [-0.2, 0) is 16.1 Å². The molecule has 6 heteroatoms. The summed E-state index contributed by atoms with van der Waals surface area (Å²) in [7, 11) is 1.38. The van der Waals surface area contributed by atoms with Gasteiger partial charge in [-0.05, 0) is 33.1 Å². The Morgan fingerprint density at radius 1 is 1.22 bits per heavy atom. The molecular formula is C17H29N3O3. The second-order valence-electron chi connectivity index (χ2n) is 5.93. The molecule has 0 atom stereocenters. The van der Waals surface area contributed by atoms with Crippen LogP contribution in [0, 0.1) is 19.3 Å². The van der Waals surface area contributed by atoms with E-state index in [1.807, 2.05) is 32.4 Å². The van der Waals surface area contributed by atoms with Crippen molar-refractivity contribution in [1.82, 2.24) is 15.1 Å². The second-order valence-corrected chi connectivity index (χ2v) is 5.93. The van der Waals surface area contributed by atoms with E-state index in [-0.39, 0.29) is 18.4 Å². The van der Waals surface area contributed by atoms with Crippen molar-refractivity contribution < 1.29 is 14.3 Å². The van der Waals surface area contributed by atoms with Crippen LogP contribution in [-0.4, -0.2) is 35.3 Å². The quantitative estimate of drug-likeness (QED) is 0.746. The first-order chi connectivity index (χ1) is 10.9. The highest BCUT2D eigenvalue weighted by atomic mass is 16.5. The number of esters is 1. The zero-order valence-corrected chi connectivity index (χ0v) is 15.2. The summed E-state index contributed by atoms with van der Waals surface area (Å²) in [5.74, 6) is -0.463. The van der Waals surface area contributed by atoms with E-state index in [1.165, 1.54) is 7.11 Å². The number of carbonyl (C=O) groups is 2. The molecule has 0 saturated carbocycles. The number of nitrogens with zero attached hydrogens (tertiary/aromatic N) is 2. The third-order valence-corrected chi connectivity index (χ3v) is 4.60. The van der Waals surface area contributed by atoms with Crippen LogP contribution in [0.25, 0.3) is 0 Å². The molecule has 0 aliphatic rings. The fourth-order valence-corrected chi connectivity index (χ4v) is 2.87. The van der Waals surface area contributed by atoms with Crippen LogP contribution in [0.1, 0.15) is 61.8 Å². The molecule has 0 saturated heterocycles. The third kappa shape index (κ3) is 3.92. The average molecular weight is 323 g/mol. The SMILES string of the molecule is CCCn1nc(C)c(C(=O)NCC(CC)(CC)C(=O)OC)c1C. The molecule has 1 aromatic rings. The van der Waals surface area contributed by atoms with E-state index in [0.717, 1.165) is 18.7 Å². The summed E-state index contributed by atoms with van der Waals surface area (Å²) < 4.78 is 6.77. The molecule has 0 bridgehead atoms. The zero-order valence-electron chi connectivity index (χ0n) is 15.2. The molecule has 130 valence electrons. The summed E-state index contributed by atoms with van der Waals surface area (Å²) in [5, 5.41) is 7.32. The largest absolute Gasteiger partial charge is 0.469 e. The van der Waals surface area contributed by atoms with Gasteiger partial charge in [-0.3, -0.25) is 14.3 Å². The highest BCUT2D eigenvalue weighted by Gasteiger charge is 2.36. The molecule has 1 heterocycles. The van der Waals surface area contributed by atoms with E-state index >= 15 is 0 Å². The predicted octanol–water partition coefficient (Wildman–Crippen LogP) is 2.62. The lowest BCUT2D eigenvalue weighted by Gasteiger charge is -2.28. The minimum atomic E-state index is -0.675. The van der Waals surface area contributed by atoms with Crippen LogP contribution in [0.5, 0.6) is 0 Å². The number of aryl methyl sites for hydroxylation is 2. The summed E-state index contributed by atoms with van der Waals surface area (Å²) in [6.45, 7) is 10.7. The maximum absolute atomic E-state index is 12.6. The van der Waals surface area contributed by atoms with Crippen LogP contribution in [0.3, 0.4) is 0 Å². The van der Waals surface area contributed by atoms with E-state index in [0.29, 0.717) is 24.1 Å². The molecule has 1 N–H and O–H groups in total. The molecule has 1 aromatic heterocycles. The van der Waals surface area contributed by atoms with E-state index in [4.69, 9.17) is 4.74 Å². The van der Waals surface area contributed by atoms with Crippen LogP contribution in [0.15, 0.2) is 0 Å². The zero-order chi connectivity index (χ0) is 17.6. The van der Waals surface area contributed by atoms with Crippen molar-refractivity contribution in [2.45, 2.75) is 60.4 Å². The van der Waals surface area contributed by atoms with E-state index in [2.05, 4.69) is 17.3 Å². The number of hydrogen-bond donors (Lipinski definition) is 1. The Hall–Kier alpha value is -1.85. The Morgan fingerprint density at radius 2 is 1.83 bits per heavy atom. The second kappa shape index (κ2) is 8.13. The van der Waals surface area contributed by atoms with Crippen molar-refractivity contribution >= 4 is 11.9 Å². The first-order valence-electron chi connectivity index (χ1n) is 8.27. The van der Waals surface area contributed by atoms with Crippen molar-refractivity contribution in [3.05, 3.63) is 17.0 Å². The molecule has 23 heavy (non-hydrogen) atoms. The third-order valence-electron chi connectivity index (χ3n) is 4.60. The van der Waals surface area contributed by atoms with Crippen molar-refractivity contribution in [3.63, 3.8) is 0 Å². The first kappa shape index (κ1) is 19.2. The van der Waals surface area contributed by atoms with Gasteiger partial charge in [0.05, 0.1) is 23.8 Å². The van der Waals surface area contributed by atoms with Gasteiger partial charge in [0.2, 0.25) is 0 Å². The molecule has 0 fully saturated rings. The van der Waals surface area contributed by atoms with Gasteiger partial charge < -0.3 is 10.1 Å². The Balaban J connectivity index is 2.94. The van der Waals surface area contributed by atoms with Crippen molar-refractivity contribution in [2.75, 3.05) is 13.7 Å². The van der Waals surface area contributed by atoms with Gasteiger partial charge in [-0.1, -0.05) is 20.8 Å². The summed E-state index contributed by atoms with van der Waals surface area (Å²) in [6, 6.07) is 0. The van der Waals surface area contributed by atoms with E-state index in [9.17, 15) is 9.59 Å². The number of carbonyl (C=O) groups excluding carboxylic acids is 2. The highest BCUT2D eigenvalue weighted by Crippen LogP contribution is 2.27. The Kier molecular flexibility index (Phi) is 6.79. The summed E-state index contributed by atoms with van der Waals surface area (Å²) in [4.78, 5) is 24.7. The van der Waals surface area contributed by atoms with Gasteiger partial charge >= 0.3 is 5.97 Å². The van der Waals surface area contributed by atoms with Crippen LogP contribution >= 0.6 is 0 Å². The number of nitrogens with one attached hydrogen (secondary N) is 1. The molecular weight excluding hydrogens is 294 g/mol.